The molecule has 0 radical (unpaired) electrons. The first-order valence-corrected chi connectivity index (χ1v) is 6.74. The number of benzene rings is 1. The van der Waals surface area contributed by atoms with Gasteiger partial charge in [-0.1, -0.05) is 42.5 Å². The Balaban J connectivity index is 2.30. The molecular formula is C16H21NO3. The predicted molar refractivity (Wildman–Crippen MR) is 79.1 cm³/mol. The molecule has 0 saturated heterocycles. The van der Waals surface area contributed by atoms with Crippen LogP contribution in [-0.4, -0.2) is 23.0 Å². The summed E-state index contributed by atoms with van der Waals surface area (Å²) >= 11 is 0. The first-order chi connectivity index (χ1) is 9.50. The molecule has 2 atom stereocenters. The minimum Gasteiger partial charge on any atom is -0.481 e. The zero-order chi connectivity index (χ0) is 15.0. The number of allylic oxidation sites excluding steroid dienone is 1. The van der Waals surface area contributed by atoms with Gasteiger partial charge in [-0.25, -0.2) is 0 Å². The molecule has 0 fully saturated rings. The summed E-state index contributed by atoms with van der Waals surface area (Å²) in [5.74, 6) is -1.61. The number of rotatable bonds is 7. The summed E-state index contributed by atoms with van der Waals surface area (Å²) in [5.41, 5.74) is 1.10. The molecule has 0 bridgehead atoms. The lowest BCUT2D eigenvalue weighted by molar-refractivity contribution is -0.142. The number of hydrogen-bond acceptors (Lipinski definition) is 2. The Kier molecular flexibility index (Phi) is 6.50. The highest BCUT2D eigenvalue weighted by molar-refractivity contribution is 5.78. The number of nitrogens with one attached hydrogen (secondary N) is 1. The predicted octanol–water partition coefficient (Wildman–Crippen LogP) is 2.71. The molecule has 2 N–H and O–H groups in total. The van der Waals surface area contributed by atoms with Crippen LogP contribution in [0, 0.1) is 5.92 Å². The second kappa shape index (κ2) is 8.15. The average molecular weight is 275 g/mol. The quantitative estimate of drug-likeness (QED) is 0.804. The summed E-state index contributed by atoms with van der Waals surface area (Å²) in [6, 6.07) is 9.50. The zero-order valence-electron chi connectivity index (χ0n) is 11.9. The van der Waals surface area contributed by atoms with Gasteiger partial charge in [-0.2, -0.15) is 0 Å². The fraction of sp³-hybridized carbons (Fsp3) is 0.375. The van der Waals surface area contributed by atoms with E-state index in [9.17, 15) is 9.59 Å². The van der Waals surface area contributed by atoms with Gasteiger partial charge in [0.15, 0.2) is 0 Å². The number of carboxylic acid groups (broad SMARTS) is 1. The van der Waals surface area contributed by atoms with Crippen molar-refractivity contribution in [2.75, 3.05) is 0 Å². The largest absolute Gasteiger partial charge is 0.481 e. The Labute approximate surface area is 119 Å². The Morgan fingerprint density at radius 2 is 1.90 bits per heavy atom. The van der Waals surface area contributed by atoms with Crippen LogP contribution in [0.5, 0.6) is 0 Å². The first-order valence-electron chi connectivity index (χ1n) is 6.74. The molecule has 0 heterocycles. The number of carbonyl (C=O) groups excluding carboxylic acids is 1. The number of aliphatic carboxylic acids is 1. The summed E-state index contributed by atoms with van der Waals surface area (Å²) in [6.07, 6.45) is 4.91. The van der Waals surface area contributed by atoms with Crippen molar-refractivity contribution in [1.82, 2.24) is 5.32 Å². The summed E-state index contributed by atoms with van der Waals surface area (Å²) in [7, 11) is 0. The van der Waals surface area contributed by atoms with Crippen LogP contribution >= 0.6 is 0 Å². The number of hydrogen-bond donors (Lipinski definition) is 2. The first kappa shape index (κ1) is 16.0. The molecule has 2 unspecified atom stereocenters. The topological polar surface area (TPSA) is 66.4 Å². The summed E-state index contributed by atoms with van der Waals surface area (Å²) in [6.45, 7) is 3.29. The van der Waals surface area contributed by atoms with Gasteiger partial charge in [-0.3, -0.25) is 9.59 Å². The van der Waals surface area contributed by atoms with E-state index in [1.54, 1.807) is 13.8 Å². The van der Waals surface area contributed by atoms with Crippen molar-refractivity contribution < 1.29 is 14.7 Å². The van der Waals surface area contributed by atoms with E-state index in [2.05, 4.69) is 5.32 Å². The molecule has 1 aromatic carbocycles. The highest BCUT2D eigenvalue weighted by atomic mass is 16.4. The van der Waals surface area contributed by atoms with E-state index < -0.39 is 11.9 Å². The maximum atomic E-state index is 11.7. The van der Waals surface area contributed by atoms with Crippen LogP contribution < -0.4 is 5.32 Å². The second-order valence-electron chi connectivity index (χ2n) is 4.83. The number of carbonyl (C=O) groups is 2. The van der Waals surface area contributed by atoms with E-state index in [0.717, 1.165) is 5.56 Å². The van der Waals surface area contributed by atoms with Crippen LogP contribution in [0.4, 0.5) is 0 Å². The molecule has 1 aromatic rings. The zero-order valence-corrected chi connectivity index (χ0v) is 11.9. The molecule has 4 heteroatoms. The van der Waals surface area contributed by atoms with Crippen LogP contribution in [0.2, 0.25) is 0 Å². The van der Waals surface area contributed by atoms with Gasteiger partial charge in [0.1, 0.15) is 0 Å². The Hall–Kier alpha value is -2.10. The molecule has 0 aromatic heterocycles. The minimum absolute atomic E-state index is 0.122. The molecule has 0 aliphatic carbocycles. The van der Waals surface area contributed by atoms with Gasteiger partial charge in [0, 0.05) is 12.5 Å². The van der Waals surface area contributed by atoms with E-state index >= 15 is 0 Å². The SMILES string of the molecule is CC(NC(=O)CC/C=C/c1ccccc1)C(C)C(=O)O. The van der Waals surface area contributed by atoms with Crippen molar-refractivity contribution in [3.63, 3.8) is 0 Å². The van der Waals surface area contributed by atoms with Crippen LogP contribution in [0.1, 0.15) is 32.3 Å². The van der Waals surface area contributed by atoms with Gasteiger partial charge in [0.05, 0.1) is 5.92 Å². The smallest absolute Gasteiger partial charge is 0.308 e. The monoisotopic (exact) mass is 275 g/mol. The van der Waals surface area contributed by atoms with Gasteiger partial charge in [0.2, 0.25) is 5.91 Å². The lowest BCUT2D eigenvalue weighted by atomic mass is 10.0. The molecule has 108 valence electrons. The Morgan fingerprint density at radius 1 is 1.25 bits per heavy atom. The fourth-order valence-electron chi connectivity index (χ4n) is 1.66. The maximum absolute atomic E-state index is 11.7. The van der Waals surface area contributed by atoms with Gasteiger partial charge < -0.3 is 10.4 Å². The third kappa shape index (κ3) is 5.69. The van der Waals surface area contributed by atoms with Crippen LogP contribution in [-0.2, 0) is 9.59 Å². The van der Waals surface area contributed by atoms with E-state index in [-0.39, 0.29) is 11.9 Å². The number of carboxylic acids is 1. The van der Waals surface area contributed by atoms with Crippen molar-refractivity contribution in [3.8, 4) is 0 Å². The lowest BCUT2D eigenvalue weighted by Crippen LogP contribution is -2.39. The second-order valence-corrected chi connectivity index (χ2v) is 4.83. The molecule has 20 heavy (non-hydrogen) atoms. The third-order valence-electron chi connectivity index (χ3n) is 3.18. The van der Waals surface area contributed by atoms with Crippen molar-refractivity contribution >= 4 is 18.0 Å². The Bertz CT molecular complexity index is 468. The minimum atomic E-state index is -0.901. The summed E-state index contributed by atoms with van der Waals surface area (Å²) in [4.78, 5) is 22.4. The average Bonchev–Trinajstić information content (AvgIpc) is 2.43. The highest BCUT2D eigenvalue weighted by Crippen LogP contribution is 2.05. The third-order valence-corrected chi connectivity index (χ3v) is 3.18. The summed E-state index contributed by atoms with van der Waals surface area (Å²) < 4.78 is 0. The molecule has 4 nitrogen and oxygen atoms in total. The molecule has 0 aliphatic heterocycles. The number of amides is 1. The van der Waals surface area contributed by atoms with E-state index in [1.807, 2.05) is 42.5 Å². The molecular weight excluding hydrogens is 254 g/mol. The Morgan fingerprint density at radius 3 is 2.50 bits per heavy atom. The van der Waals surface area contributed by atoms with Gasteiger partial charge >= 0.3 is 5.97 Å². The van der Waals surface area contributed by atoms with E-state index in [0.29, 0.717) is 12.8 Å². The lowest BCUT2D eigenvalue weighted by Gasteiger charge is -2.17. The van der Waals surface area contributed by atoms with Gasteiger partial charge in [0.25, 0.3) is 0 Å². The van der Waals surface area contributed by atoms with Crippen molar-refractivity contribution in [2.45, 2.75) is 32.7 Å². The summed E-state index contributed by atoms with van der Waals surface area (Å²) in [5, 5.41) is 11.5. The molecule has 0 saturated carbocycles. The van der Waals surface area contributed by atoms with Crippen molar-refractivity contribution in [2.24, 2.45) is 5.92 Å². The molecule has 1 amide bonds. The van der Waals surface area contributed by atoms with Crippen molar-refractivity contribution in [3.05, 3.63) is 42.0 Å². The van der Waals surface area contributed by atoms with Crippen LogP contribution in [0.25, 0.3) is 6.08 Å². The van der Waals surface area contributed by atoms with E-state index in [1.165, 1.54) is 0 Å². The fourth-order valence-corrected chi connectivity index (χ4v) is 1.66. The van der Waals surface area contributed by atoms with E-state index in [4.69, 9.17) is 5.11 Å². The van der Waals surface area contributed by atoms with Crippen LogP contribution in [0.15, 0.2) is 36.4 Å². The normalized spacial score (nSPS) is 13.9. The molecule has 0 aliphatic rings. The van der Waals surface area contributed by atoms with Gasteiger partial charge in [-0.05, 0) is 25.8 Å². The van der Waals surface area contributed by atoms with Crippen LogP contribution in [0.3, 0.4) is 0 Å². The van der Waals surface area contributed by atoms with Crippen molar-refractivity contribution in [1.29, 1.82) is 0 Å². The van der Waals surface area contributed by atoms with Gasteiger partial charge in [-0.15, -0.1) is 0 Å². The molecule has 0 spiro atoms. The standard InChI is InChI=1S/C16H21NO3/c1-12(16(19)20)13(2)17-15(18)11-7-6-10-14-8-4-3-5-9-14/h3-6,8-10,12-13H,7,11H2,1-2H3,(H,17,18)(H,19,20)/b10-6+. The highest BCUT2D eigenvalue weighted by Gasteiger charge is 2.20. The maximum Gasteiger partial charge on any atom is 0.308 e. The molecule has 1 rings (SSSR count).